The second-order valence-corrected chi connectivity index (χ2v) is 6.31. The Balaban J connectivity index is 2.50. The molecule has 0 heterocycles. The first-order valence-electron chi connectivity index (χ1n) is 6.75. The molecule has 0 saturated heterocycles. The van der Waals surface area contributed by atoms with E-state index in [4.69, 9.17) is 5.11 Å². The lowest BCUT2D eigenvalue weighted by Gasteiger charge is -2.26. The Morgan fingerprint density at radius 3 is 2.15 bits per heavy atom. The van der Waals surface area contributed by atoms with Crippen LogP contribution in [0.5, 0.6) is 0 Å². The van der Waals surface area contributed by atoms with Crippen molar-refractivity contribution in [2.24, 2.45) is 5.41 Å². The molecule has 0 aliphatic carbocycles. The second kappa shape index (κ2) is 6.55. The van der Waals surface area contributed by atoms with Gasteiger partial charge in [-0.15, -0.1) is 0 Å². The number of aryl methyl sites for hydroxylation is 1. The highest BCUT2D eigenvalue weighted by Crippen LogP contribution is 2.15. The summed E-state index contributed by atoms with van der Waals surface area (Å²) in [6, 6.07) is 6.67. The number of hydrogen-bond donors (Lipinski definition) is 1. The highest BCUT2D eigenvalue weighted by Gasteiger charge is 2.17. The summed E-state index contributed by atoms with van der Waals surface area (Å²) in [6.07, 6.45) is 1.08. The Labute approximate surface area is 120 Å². The fourth-order valence-corrected chi connectivity index (χ4v) is 2.06. The lowest BCUT2D eigenvalue weighted by Crippen LogP contribution is -2.34. The zero-order chi connectivity index (χ0) is 15.3. The average molecular weight is 277 g/mol. The van der Waals surface area contributed by atoms with Gasteiger partial charge in [0.25, 0.3) is 0 Å². The molecule has 0 saturated carbocycles. The SMILES string of the molecule is CN(CC(C)(C)C)C(=O)CCc1ccc(C(=O)O)cc1. The number of carbonyl (C=O) groups excluding carboxylic acids is 1. The first kappa shape index (κ1) is 16.2. The van der Waals surface area contributed by atoms with Crippen LogP contribution < -0.4 is 0 Å². The fraction of sp³-hybridized carbons (Fsp3) is 0.500. The number of rotatable bonds is 5. The molecule has 0 unspecified atom stereocenters. The summed E-state index contributed by atoms with van der Waals surface area (Å²) < 4.78 is 0. The van der Waals surface area contributed by atoms with Gasteiger partial charge in [0, 0.05) is 20.0 Å². The Bertz CT molecular complexity index is 471. The van der Waals surface area contributed by atoms with Crippen molar-refractivity contribution >= 4 is 11.9 Å². The van der Waals surface area contributed by atoms with E-state index in [1.54, 1.807) is 29.2 Å². The molecule has 110 valence electrons. The molecule has 1 aromatic rings. The normalized spacial score (nSPS) is 11.2. The van der Waals surface area contributed by atoms with Crippen molar-refractivity contribution < 1.29 is 14.7 Å². The summed E-state index contributed by atoms with van der Waals surface area (Å²) in [5.74, 6) is -0.820. The number of amides is 1. The quantitative estimate of drug-likeness (QED) is 0.900. The van der Waals surface area contributed by atoms with E-state index in [0.717, 1.165) is 12.1 Å². The number of carbonyl (C=O) groups is 2. The Morgan fingerprint density at radius 1 is 1.15 bits per heavy atom. The van der Waals surface area contributed by atoms with Crippen molar-refractivity contribution in [3.63, 3.8) is 0 Å². The summed E-state index contributed by atoms with van der Waals surface area (Å²) in [6.45, 7) is 7.02. The third-order valence-electron chi connectivity index (χ3n) is 2.97. The van der Waals surface area contributed by atoms with Gasteiger partial charge in [0.05, 0.1) is 5.56 Å². The van der Waals surface area contributed by atoms with Crippen LogP contribution in [-0.4, -0.2) is 35.5 Å². The number of aromatic carboxylic acids is 1. The molecule has 1 amide bonds. The fourth-order valence-electron chi connectivity index (χ4n) is 2.06. The Hall–Kier alpha value is -1.84. The molecule has 0 radical (unpaired) electrons. The van der Waals surface area contributed by atoms with Gasteiger partial charge >= 0.3 is 5.97 Å². The van der Waals surface area contributed by atoms with Crippen molar-refractivity contribution in [3.8, 4) is 0 Å². The molecule has 0 fully saturated rings. The average Bonchev–Trinajstić information content (AvgIpc) is 2.34. The molecule has 0 aliphatic heterocycles. The van der Waals surface area contributed by atoms with Gasteiger partial charge in [0.15, 0.2) is 0 Å². The summed E-state index contributed by atoms with van der Waals surface area (Å²) >= 11 is 0. The van der Waals surface area contributed by atoms with Crippen LogP contribution in [0.4, 0.5) is 0 Å². The van der Waals surface area contributed by atoms with Crippen molar-refractivity contribution in [2.75, 3.05) is 13.6 Å². The monoisotopic (exact) mass is 277 g/mol. The van der Waals surface area contributed by atoms with Crippen LogP contribution in [0.15, 0.2) is 24.3 Å². The van der Waals surface area contributed by atoms with E-state index in [-0.39, 0.29) is 16.9 Å². The maximum atomic E-state index is 12.0. The lowest BCUT2D eigenvalue weighted by atomic mass is 9.96. The lowest BCUT2D eigenvalue weighted by molar-refractivity contribution is -0.131. The molecule has 4 nitrogen and oxygen atoms in total. The first-order chi connectivity index (χ1) is 9.19. The van der Waals surface area contributed by atoms with E-state index in [9.17, 15) is 9.59 Å². The molecule has 1 rings (SSSR count). The number of carboxylic acid groups (broad SMARTS) is 1. The van der Waals surface area contributed by atoms with Gasteiger partial charge in [-0.3, -0.25) is 4.79 Å². The molecular weight excluding hydrogens is 254 g/mol. The maximum absolute atomic E-state index is 12.0. The molecule has 0 aliphatic rings. The summed E-state index contributed by atoms with van der Waals surface area (Å²) in [4.78, 5) is 24.5. The number of hydrogen-bond acceptors (Lipinski definition) is 2. The minimum absolute atomic E-state index is 0.0908. The molecular formula is C16H23NO3. The van der Waals surface area contributed by atoms with E-state index in [2.05, 4.69) is 20.8 Å². The van der Waals surface area contributed by atoms with Gasteiger partial charge < -0.3 is 10.0 Å². The molecule has 1 aromatic carbocycles. The van der Waals surface area contributed by atoms with Crippen LogP contribution in [0, 0.1) is 5.41 Å². The molecule has 1 N–H and O–H groups in total. The highest BCUT2D eigenvalue weighted by atomic mass is 16.4. The first-order valence-corrected chi connectivity index (χ1v) is 6.75. The van der Waals surface area contributed by atoms with Gasteiger partial charge in [-0.25, -0.2) is 4.79 Å². The molecule has 0 atom stereocenters. The van der Waals surface area contributed by atoms with Gasteiger partial charge in [-0.2, -0.15) is 0 Å². The summed E-state index contributed by atoms with van der Waals surface area (Å²) in [7, 11) is 1.82. The van der Waals surface area contributed by atoms with E-state index >= 15 is 0 Å². The van der Waals surface area contributed by atoms with Crippen LogP contribution in [0.25, 0.3) is 0 Å². The molecule has 4 heteroatoms. The number of carboxylic acids is 1. The maximum Gasteiger partial charge on any atom is 0.335 e. The number of nitrogens with zero attached hydrogens (tertiary/aromatic N) is 1. The predicted octanol–water partition coefficient (Wildman–Crippen LogP) is 2.82. The largest absolute Gasteiger partial charge is 0.478 e. The third-order valence-corrected chi connectivity index (χ3v) is 2.97. The van der Waals surface area contributed by atoms with Crippen LogP contribution >= 0.6 is 0 Å². The predicted molar refractivity (Wildman–Crippen MR) is 78.8 cm³/mol. The van der Waals surface area contributed by atoms with Crippen molar-refractivity contribution in [3.05, 3.63) is 35.4 Å². The van der Waals surface area contributed by atoms with Crippen LogP contribution in [0.2, 0.25) is 0 Å². The molecule has 20 heavy (non-hydrogen) atoms. The minimum Gasteiger partial charge on any atom is -0.478 e. The van der Waals surface area contributed by atoms with E-state index in [1.165, 1.54) is 0 Å². The Kier molecular flexibility index (Phi) is 5.31. The van der Waals surface area contributed by atoms with Crippen LogP contribution in [-0.2, 0) is 11.2 Å². The van der Waals surface area contributed by atoms with E-state index in [0.29, 0.717) is 12.8 Å². The molecule has 0 aromatic heterocycles. The number of benzene rings is 1. The zero-order valence-corrected chi connectivity index (χ0v) is 12.6. The van der Waals surface area contributed by atoms with E-state index in [1.807, 2.05) is 7.05 Å². The highest BCUT2D eigenvalue weighted by molar-refractivity contribution is 5.87. The van der Waals surface area contributed by atoms with E-state index < -0.39 is 5.97 Å². The summed E-state index contributed by atoms with van der Waals surface area (Å²) in [5, 5.41) is 8.81. The third kappa shape index (κ3) is 5.43. The van der Waals surface area contributed by atoms with Gasteiger partial charge in [-0.1, -0.05) is 32.9 Å². The standard InChI is InChI=1S/C16H23NO3/c1-16(2,3)11-17(4)14(18)10-7-12-5-8-13(9-6-12)15(19)20/h5-6,8-9H,7,10-11H2,1-4H3,(H,19,20). The van der Waals surface area contributed by atoms with Crippen molar-refractivity contribution in [1.82, 2.24) is 4.90 Å². The van der Waals surface area contributed by atoms with Crippen LogP contribution in [0.3, 0.4) is 0 Å². The molecule has 0 spiro atoms. The Morgan fingerprint density at radius 2 is 1.70 bits per heavy atom. The van der Waals surface area contributed by atoms with Crippen molar-refractivity contribution in [1.29, 1.82) is 0 Å². The van der Waals surface area contributed by atoms with Crippen molar-refractivity contribution in [2.45, 2.75) is 33.6 Å². The smallest absolute Gasteiger partial charge is 0.335 e. The topological polar surface area (TPSA) is 57.6 Å². The second-order valence-electron chi connectivity index (χ2n) is 6.31. The minimum atomic E-state index is -0.933. The van der Waals surface area contributed by atoms with Crippen LogP contribution in [0.1, 0.15) is 43.1 Å². The summed E-state index contributed by atoms with van der Waals surface area (Å²) in [5.41, 5.74) is 1.34. The van der Waals surface area contributed by atoms with Gasteiger partial charge in [0.1, 0.15) is 0 Å². The van der Waals surface area contributed by atoms with Gasteiger partial charge in [0.2, 0.25) is 5.91 Å². The zero-order valence-electron chi connectivity index (χ0n) is 12.6. The van der Waals surface area contributed by atoms with Gasteiger partial charge in [-0.05, 0) is 29.5 Å². The molecule has 0 bridgehead atoms.